The highest BCUT2D eigenvalue weighted by Crippen LogP contribution is 2.27. The maximum Gasteiger partial charge on any atom is 0.200 e. The minimum absolute atomic E-state index is 0.0619. The summed E-state index contributed by atoms with van der Waals surface area (Å²) in [7, 11) is 0. The molecule has 1 N–H and O–H groups in total. The topological polar surface area (TPSA) is 42.2 Å². The van der Waals surface area contributed by atoms with Gasteiger partial charge in [-0.25, -0.2) is 0 Å². The molecule has 0 bridgehead atoms. The maximum absolute atomic E-state index is 12.7. The minimum Gasteiger partial charge on any atom is -0.463 e. The van der Waals surface area contributed by atoms with Crippen molar-refractivity contribution >= 4 is 33.5 Å². The van der Waals surface area contributed by atoms with Crippen LogP contribution < -0.4 is 10.7 Å². The molecule has 1 heterocycles. The monoisotopic (exact) mass is 343 g/mol. The van der Waals surface area contributed by atoms with Gasteiger partial charge in [-0.15, -0.1) is 0 Å². The summed E-state index contributed by atoms with van der Waals surface area (Å²) in [5.74, 6) is 0. The third-order valence-electron chi connectivity index (χ3n) is 4.28. The molecular weight excluding hydrogens is 322 g/mol. The van der Waals surface area contributed by atoms with Gasteiger partial charge in [0.2, 0.25) is 0 Å². The molecule has 0 amide bonds. The fraction of sp³-hybridized carbons (Fsp3) is 0.0870. The van der Waals surface area contributed by atoms with Crippen molar-refractivity contribution in [2.75, 3.05) is 5.32 Å². The number of benzene rings is 2. The molecule has 0 radical (unpaired) electrons. The van der Waals surface area contributed by atoms with Crippen molar-refractivity contribution in [3.63, 3.8) is 0 Å². The van der Waals surface area contributed by atoms with E-state index in [2.05, 4.69) is 18.5 Å². The molecular formula is C23H21NO2. The predicted molar refractivity (Wildman–Crippen MR) is 111 cm³/mol. The molecule has 130 valence electrons. The van der Waals surface area contributed by atoms with Crippen LogP contribution in [0.1, 0.15) is 25.0 Å². The van der Waals surface area contributed by atoms with E-state index in [0.29, 0.717) is 16.5 Å². The lowest BCUT2D eigenvalue weighted by Crippen LogP contribution is -2.07. The van der Waals surface area contributed by atoms with E-state index in [1.165, 1.54) is 6.26 Å². The Kier molecular flexibility index (Phi) is 4.90. The Bertz CT molecular complexity index is 1090. The van der Waals surface area contributed by atoms with Gasteiger partial charge in [0, 0.05) is 23.0 Å². The number of fused-ring (bicyclic) bond motifs is 1. The van der Waals surface area contributed by atoms with Crippen LogP contribution in [0.15, 0.2) is 83.2 Å². The molecule has 2 aromatic carbocycles. The Labute approximate surface area is 153 Å². The molecule has 0 unspecified atom stereocenters. The summed E-state index contributed by atoms with van der Waals surface area (Å²) in [5.41, 5.74) is 5.59. The Morgan fingerprint density at radius 1 is 1.15 bits per heavy atom. The molecule has 0 aliphatic heterocycles. The fourth-order valence-corrected chi connectivity index (χ4v) is 2.91. The molecule has 0 saturated heterocycles. The summed E-state index contributed by atoms with van der Waals surface area (Å²) in [6, 6.07) is 13.5. The van der Waals surface area contributed by atoms with E-state index in [1.807, 2.05) is 56.3 Å². The van der Waals surface area contributed by atoms with Crippen LogP contribution in [0.4, 0.5) is 11.4 Å². The molecule has 3 nitrogen and oxygen atoms in total. The van der Waals surface area contributed by atoms with Crippen molar-refractivity contribution in [2.24, 2.45) is 0 Å². The lowest BCUT2D eigenvalue weighted by Gasteiger charge is -2.12. The molecule has 3 heteroatoms. The number of hydrogen-bond acceptors (Lipinski definition) is 3. The zero-order valence-corrected chi connectivity index (χ0v) is 15.0. The van der Waals surface area contributed by atoms with E-state index in [-0.39, 0.29) is 5.43 Å². The van der Waals surface area contributed by atoms with E-state index in [4.69, 9.17) is 4.42 Å². The zero-order valence-electron chi connectivity index (χ0n) is 15.0. The van der Waals surface area contributed by atoms with Crippen molar-refractivity contribution in [2.45, 2.75) is 13.8 Å². The molecule has 1 aromatic heterocycles. The van der Waals surface area contributed by atoms with E-state index in [9.17, 15) is 4.79 Å². The highest BCUT2D eigenvalue weighted by molar-refractivity contribution is 5.86. The smallest absolute Gasteiger partial charge is 0.200 e. The number of rotatable bonds is 5. The van der Waals surface area contributed by atoms with Crippen LogP contribution in [0.3, 0.4) is 0 Å². The highest BCUT2D eigenvalue weighted by atomic mass is 16.3. The Balaban J connectivity index is 2.04. The van der Waals surface area contributed by atoms with Crippen LogP contribution in [0, 0.1) is 0 Å². The standard InChI is InChI=1S/C23H21NO2/c1-5-16(6-2)20-14-26-22-13-17(11-12-19(22)23(20)25)24-21-10-8-7-9-18(21)15(3)4/h5-14,24H,1,3H2,2,4H3/b16-6+. The molecule has 0 aliphatic rings. The molecule has 26 heavy (non-hydrogen) atoms. The Morgan fingerprint density at radius 3 is 2.62 bits per heavy atom. The van der Waals surface area contributed by atoms with E-state index >= 15 is 0 Å². The Hall–Kier alpha value is -3.33. The molecule has 3 rings (SSSR count). The molecule has 3 aromatic rings. The van der Waals surface area contributed by atoms with Gasteiger partial charge in [0.1, 0.15) is 11.8 Å². The predicted octanol–water partition coefficient (Wildman–Crippen LogP) is 6.16. The number of nitrogens with one attached hydrogen (secondary N) is 1. The van der Waals surface area contributed by atoms with Gasteiger partial charge in [-0.3, -0.25) is 4.79 Å². The van der Waals surface area contributed by atoms with Crippen molar-refractivity contribution in [1.82, 2.24) is 0 Å². The largest absolute Gasteiger partial charge is 0.463 e. The number of allylic oxidation sites excluding steroid dienone is 4. The lowest BCUT2D eigenvalue weighted by atomic mass is 10.0. The van der Waals surface area contributed by atoms with Crippen LogP contribution >= 0.6 is 0 Å². The van der Waals surface area contributed by atoms with Gasteiger partial charge in [-0.2, -0.15) is 0 Å². The Morgan fingerprint density at radius 2 is 1.92 bits per heavy atom. The maximum atomic E-state index is 12.7. The summed E-state index contributed by atoms with van der Waals surface area (Å²) >= 11 is 0. The van der Waals surface area contributed by atoms with Gasteiger partial charge in [-0.05, 0) is 43.2 Å². The summed E-state index contributed by atoms with van der Waals surface area (Å²) in [5, 5.41) is 3.92. The van der Waals surface area contributed by atoms with Crippen LogP contribution in [-0.2, 0) is 0 Å². The second kappa shape index (κ2) is 7.28. The first-order valence-corrected chi connectivity index (χ1v) is 8.41. The van der Waals surface area contributed by atoms with Crippen molar-refractivity contribution in [1.29, 1.82) is 0 Å². The van der Waals surface area contributed by atoms with Gasteiger partial charge < -0.3 is 9.73 Å². The van der Waals surface area contributed by atoms with Gasteiger partial charge in [0.25, 0.3) is 0 Å². The molecule has 0 fully saturated rings. The minimum atomic E-state index is -0.0619. The lowest BCUT2D eigenvalue weighted by molar-refractivity contribution is 0.601. The van der Waals surface area contributed by atoms with Crippen LogP contribution in [-0.4, -0.2) is 0 Å². The quantitative estimate of drug-likeness (QED) is 0.564. The number of para-hydroxylation sites is 1. The van der Waals surface area contributed by atoms with Crippen LogP contribution in [0.25, 0.3) is 22.1 Å². The SMILES string of the molecule is C=C/C(=C\C)c1coc2cc(Nc3ccccc3C(=C)C)ccc2c1=O. The molecule has 0 spiro atoms. The van der Waals surface area contributed by atoms with Crippen molar-refractivity contribution in [3.05, 3.63) is 95.4 Å². The summed E-state index contributed by atoms with van der Waals surface area (Å²) in [4.78, 5) is 12.7. The van der Waals surface area contributed by atoms with E-state index < -0.39 is 0 Å². The van der Waals surface area contributed by atoms with Gasteiger partial charge in [0.15, 0.2) is 5.43 Å². The van der Waals surface area contributed by atoms with E-state index in [1.54, 1.807) is 12.1 Å². The normalized spacial score (nSPS) is 11.4. The third-order valence-corrected chi connectivity index (χ3v) is 4.28. The van der Waals surface area contributed by atoms with Gasteiger partial charge in [-0.1, -0.05) is 43.5 Å². The number of hydrogen-bond donors (Lipinski definition) is 1. The van der Waals surface area contributed by atoms with E-state index in [0.717, 1.165) is 28.1 Å². The van der Waals surface area contributed by atoms with Gasteiger partial charge >= 0.3 is 0 Å². The average Bonchev–Trinajstić information content (AvgIpc) is 2.64. The van der Waals surface area contributed by atoms with Gasteiger partial charge in [0.05, 0.1) is 10.9 Å². The fourth-order valence-electron chi connectivity index (χ4n) is 2.91. The zero-order chi connectivity index (χ0) is 18.7. The van der Waals surface area contributed by atoms with Crippen molar-refractivity contribution in [3.8, 4) is 0 Å². The first-order chi connectivity index (χ1) is 12.5. The second-order valence-corrected chi connectivity index (χ2v) is 6.09. The third kappa shape index (κ3) is 3.24. The number of anilines is 2. The van der Waals surface area contributed by atoms with Crippen LogP contribution in [0.5, 0.6) is 0 Å². The average molecular weight is 343 g/mol. The summed E-state index contributed by atoms with van der Waals surface area (Å²) < 4.78 is 5.72. The first-order valence-electron chi connectivity index (χ1n) is 8.41. The van der Waals surface area contributed by atoms with Crippen LogP contribution in [0.2, 0.25) is 0 Å². The van der Waals surface area contributed by atoms with Crippen molar-refractivity contribution < 1.29 is 4.42 Å². The molecule has 0 atom stereocenters. The molecule has 0 aliphatic carbocycles. The highest BCUT2D eigenvalue weighted by Gasteiger charge is 2.10. The molecule has 0 saturated carbocycles. The summed E-state index contributed by atoms with van der Waals surface area (Å²) in [6.07, 6.45) is 4.99. The first kappa shape index (κ1) is 17.5. The summed E-state index contributed by atoms with van der Waals surface area (Å²) in [6.45, 7) is 11.6. The second-order valence-electron chi connectivity index (χ2n) is 6.09.